The predicted molar refractivity (Wildman–Crippen MR) is 33.5 cm³/mol. The van der Waals surface area contributed by atoms with Crippen LogP contribution in [0.1, 0.15) is 20.3 Å². The molecule has 48 valence electrons. The Bertz CT molecular complexity index is 70.5. The van der Waals surface area contributed by atoms with Gasteiger partial charge in [-0.25, -0.2) is 0 Å². The minimum absolute atomic E-state index is 0.402. The maximum absolute atomic E-state index is 8.68. The largest absolute Gasteiger partial charge is 0.396 e. The fraction of sp³-hybridized carbons (Fsp3) is 1.00. The maximum Gasteiger partial charge on any atom is 0.0464 e. The Labute approximate surface area is 50.7 Å². The van der Waals surface area contributed by atoms with Gasteiger partial charge in [-0.05, 0) is 17.8 Å². The first-order chi connectivity index (χ1) is 3.81. The summed E-state index contributed by atoms with van der Waals surface area (Å²) in [5, 5.41) is 8.68. The van der Waals surface area contributed by atoms with Crippen molar-refractivity contribution in [1.29, 1.82) is 0 Å². The van der Waals surface area contributed by atoms with Crippen molar-refractivity contribution in [2.75, 3.05) is 6.61 Å². The molecule has 0 saturated heterocycles. The second-order valence-electron chi connectivity index (χ2n) is 2.78. The summed E-state index contributed by atoms with van der Waals surface area (Å²) in [6.07, 6.45) is 1.24. The molecular formula is C7H14O. The molecule has 0 aromatic heterocycles. The van der Waals surface area contributed by atoms with Gasteiger partial charge in [-0.2, -0.15) is 0 Å². The zero-order chi connectivity index (χ0) is 6.15. The van der Waals surface area contributed by atoms with E-state index in [9.17, 15) is 0 Å². The first kappa shape index (κ1) is 6.09. The summed E-state index contributed by atoms with van der Waals surface area (Å²) in [4.78, 5) is 0. The lowest BCUT2D eigenvalue weighted by atomic mass is 10.2. The molecule has 0 aromatic rings. The predicted octanol–water partition coefficient (Wildman–Crippen LogP) is 1.27. The SMILES string of the molecule is CC[C@@H]1C(C)[C@H]1CO. The van der Waals surface area contributed by atoms with Crippen LogP contribution in [0, 0.1) is 17.8 Å². The lowest BCUT2D eigenvalue weighted by Gasteiger charge is -1.84. The molecule has 8 heavy (non-hydrogen) atoms. The summed E-state index contributed by atoms with van der Waals surface area (Å²) in [6.45, 7) is 4.81. The number of aliphatic hydroxyl groups excluding tert-OH is 1. The number of rotatable bonds is 2. The zero-order valence-corrected chi connectivity index (χ0v) is 5.59. The van der Waals surface area contributed by atoms with E-state index in [1.54, 1.807) is 0 Å². The van der Waals surface area contributed by atoms with E-state index >= 15 is 0 Å². The molecule has 1 N–H and O–H groups in total. The molecule has 0 bridgehead atoms. The van der Waals surface area contributed by atoms with E-state index in [-0.39, 0.29) is 0 Å². The Balaban J connectivity index is 2.23. The average molecular weight is 114 g/mol. The van der Waals surface area contributed by atoms with Gasteiger partial charge in [0.2, 0.25) is 0 Å². The quantitative estimate of drug-likeness (QED) is 0.573. The fourth-order valence-corrected chi connectivity index (χ4v) is 1.61. The third-order valence-electron chi connectivity index (χ3n) is 2.44. The molecule has 3 atom stereocenters. The Hall–Kier alpha value is -0.0400. The average Bonchev–Trinajstić information content (AvgIpc) is 2.40. The topological polar surface area (TPSA) is 20.2 Å². The van der Waals surface area contributed by atoms with Gasteiger partial charge in [0, 0.05) is 6.61 Å². The lowest BCUT2D eigenvalue weighted by Crippen LogP contribution is -1.86. The number of hydrogen-bond acceptors (Lipinski definition) is 1. The van der Waals surface area contributed by atoms with Gasteiger partial charge in [-0.1, -0.05) is 20.3 Å². The molecule has 1 nitrogen and oxygen atoms in total. The molecule has 1 fully saturated rings. The monoisotopic (exact) mass is 114 g/mol. The first-order valence-corrected chi connectivity index (χ1v) is 3.42. The van der Waals surface area contributed by atoms with Crippen molar-refractivity contribution in [3.8, 4) is 0 Å². The van der Waals surface area contributed by atoms with Crippen LogP contribution >= 0.6 is 0 Å². The summed E-state index contributed by atoms with van der Waals surface area (Å²) < 4.78 is 0. The molecule has 0 aromatic carbocycles. The Morgan fingerprint density at radius 1 is 1.38 bits per heavy atom. The van der Waals surface area contributed by atoms with Crippen molar-refractivity contribution in [2.24, 2.45) is 17.8 Å². The summed E-state index contributed by atoms with van der Waals surface area (Å²) in [6, 6.07) is 0. The summed E-state index contributed by atoms with van der Waals surface area (Å²) in [5.41, 5.74) is 0. The molecule has 0 radical (unpaired) electrons. The van der Waals surface area contributed by atoms with E-state index in [1.165, 1.54) is 6.42 Å². The molecule has 1 rings (SSSR count). The number of aliphatic hydroxyl groups is 1. The highest BCUT2D eigenvalue weighted by molar-refractivity contribution is 4.92. The van der Waals surface area contributed by atoms with Crippen LogP contribution in [0.2, 0.25) is 0 Å². The summed E-state index contributed by atoms with van der Waals surface area (Å²) >= 11 is 0. The van der Waals surface area contributed by atoms with E-state index in [0.717, 1.165) is 11.8 Å². The standard InChI is InChI=1S/C7H14O/c1-3-6-5(2)7(6)4-8/h5-8H,3-4H2,1-2H3/t5?,6-,7-/m1/s1. The number of hydrogen-bond donors (Lipinski definition) is 1. The van der Waals surface area contributed by atoms with Crippen LogP contribution in [0.25, 0.3) is 0 Å². The van der Waals surface area contributed by atoms with Gasteiger partial charge in [0.25, 0.3) is 0 Å². The van der Waals surface area contributed by atoms with Gasteiger partial charge in [0.05, 0.1) is 0 Å². The van der Waals surface area contributed by atoms with Crippen molar-refractivity contribution < 1.29 is 5.11 Å². The molecule has 1 aliphatic rings. The van der Waals surface area contributed by atoms with Gasteiger partial charge >= 0.3 is 0 Å². The van der Waals surface area contributed by atoms with Crippen molar-refractivity contribution in [3.63, 3.8) is 0 Å². The summed E-state index contributed by atoms with van der Waals surface area (Å²) in [7, 11) is 0. The van der Waals surface area contributed by atoms with Crippen LogP contribution in [0.15, 0.2) is 0 Å². The minimum Gasteiger partial charge on any atom is -0.396 e. The maximum atomic E-state index is 8.68. The van der Waals surface area contributed by atoms with Gasteiger partial charge in [0.1, 0.15) is 0 Å². The molecule has 0 aliphatic heterocycles. The van der Waals surface area contributed by atoms with Gasteiger partial charge < -0.3 is 5.11 Å². The van der Waals surface area contributed by atoms with Crippen LogP contribution in [0.5, 0.6) is 0 Å². The minimum atomic E-state index is 0.402. The van der Waals surface area contributed by atoms with Gasteiger partial charge in [0.15, 0.2) is 0 Å². The molecular weight excluding hydrogens is 100 g/mol. The van der Waals surface area contributed by atoms with Crippen molar-refractivity contribution in [3.05, 3.63) is 0 Å². The lowest BCUT2D eigenvalue weighted by molar-refractivity contribution is 0.264. The Morgan fingerprint density at radius 2 is 2.00 bits per heavy atom. The van der Waals surface area contributed by atoms with E-state index in [2.05, 4.69) is 13.8 Å². The van der Waals surface area contributed by atoms with E-state index in [4.69, 9.17) is 5.11 Å². The molecule has 1 unspecified atom stereocenters. The normalized spacial score (nSPS) is 44.6. The van der Waals surface area contributed by atoms with Crippen molar-refractivity contribution in [2.45, 2.75) is 20.3 Å². The second kappa shape index (κ2) is 2.06. The van der Waals surface area contributed by atoms with Crippen LogP contribution < -0.4 is 0 Å². The summed E-state index contributed by atoms with van der Waals surface area (Å²) in [5.74, 6) is 2.27. The highest BCUT2D eigenvalue weighted by atomic mass is 16.3. The third-order valence-corrected chi connectivity index (χ3v) is 2.44. The van der Waals surface area contributed by atoms with E-state index in [1.807, 2.05) is 0 Å². The Kier molecular flexibility index (Phi) is 1.57. The van der Waals surface area contributed by atoms with Gasteiger partial charge in [-0.3, -0.25) is 0 Å². The van der Waals surface area contributed by atoms with Crippen LogP contribution in [-0.4, -0.2) is 11.7 Å². The molecule has 1 heteroatoms. The van der Waals surface area contributed by atoms with Crippen LogP contribution in [0.3, 0.4) is 0 Å². The molecule has 0 heterocycles. The zero-order valence-electron chi connectivity index (χ0n) is 5.59. The highest BCUT2D eigenvalue weighted by Crippen LogP contribution is 2.47. The molecule has 0 amide bonds. The third kappa shape index (κ3) is 0.752. The van der Waals surface area contributed by atoms with Crippen LogP contribution in [0.4, 0.5) is 0 Å². The van der Waals surface area contributed by atoms with Crippen molar-refractivity contribution in [1.82, 2.24) is 0 Å². The van der Waals surface area contributed by atoms with Crippen LogP contribution in [-0.2, 0) is 0 Å². The van der Waals surface area contributed by atoms with E-state index in [0.29, 0.717) is 12.5 Å². The molecule has 1 saturated carbocycles. The molecule has 0 spiro atoms. The smallest absolute Gasteiger partial charge is 0.0464 e. The second-order valence-corrected chi connectivity index (χ2v) is 2.78. The molecule has 1 aliphatic carbocycles. The van der Waals surface area contributed by atoms with Crippen molar-refractivity contribution >= 4 is 0 Å². The van der Waals surface area contributed by atoms with Gasteiger partial charge in [-0.15, -0.1) is 0 Å². The fourth-order valence-electron chi connectivity index (χ4n) is 1.61. The Morgan fingerprint density at radius 3 is 2.12 bits per heavy atom. The van der Waals surface area contributed by atoms with E-state index < -0.39 is 0 Å². The highest BCUT2D eigenvalue weighted by Gasteiger charge is 2.43. The first-order valence-electron chi connectivity index (χ1n) is 3.42.